The summed E-state index contributed by atoms with van der Waals surface area (Å²) in [5, 5.41) is 5.80. The highest BCUT2D eigenvalue weighted by atomic mass is 16.2. The molecule has 4 nitrogen and oxygen atoms in total. The predicted octanol–water partition coefficient (Wildman–Crippen LogP) is 2.26. The van der Waals surface area contributed by atoms with E-state index in [-0.39, 0.29) is 17.7 Å². The number of carbonyl (C=O) groups is 1. The second-order valence-electron chi connectivity index (χ2n) is 4.70. The number of hydrazone groups is 1. The van der Waals surface area contributed by atoms with E-state index < -0.39 is 0 Å². The molecular weight excluding hydrogens is 214 g/mol. The van der Waals surface area contributed by atoms with Gasteiger partial charge in [0.2, 0.25) is 0 Å². The van der Waals surface area contributed by atoms with E-state index in [4.69, 9.17) is 5.73 Å². The van der Waals surface area contributed by atoms with Crippen LogP contribution in [-0.2, 0) is 4.79 Å². The number of hydrogen-bond donors (Lipinski definition) is 1. The molecule has 0 fully saturated rings. The lowest BCUT2D eigenvalue weighted by atomic mass is 9.92. The second kappa shape index (κ2) is 4.20. The van der Waals surface area contributed by atoms with Crippen molar-refractivity contribution in [3.8, 4) is 0 Å². The van der Waals surface area contributed by atoms with Crippen LogP contribution in [0.1, 0.15) is 20.8 Å². The number of nitrogens with two attached hydrogens (primary N) is 1. The Morgan fingerprint density at radius 2 is 1.88 bits per heavy atom. The minimum absolute atomic E-state index is 0.0438. The number of benzene rings is 1. The number of amides is 1. The molecule has 2 rings (SSSR count). The number of hydrogen-bond acceptors (Lipinski definition) is 3. The van der Waals surface area contributed by atoms with E-state index in [1.54, 1.807) is 12.1 Å². The van der Waals surface area contributed by atoms with E-state index >= 15 is 0 Å². The molecule has 0 bridgehead atoms. The third-order valence-electron chi connectivity index (χ3n) is 2.99. The highest BCUT2D eigenvalue weighted by molar-refractivity contribution is 6.14. The van der Waals surface area contributed by atoms with Crippen molar-refractivity contribution in [2.75, 3.05) is 10.7 Å². The molecule has 4 heteroatoms. The van der Waals surface area contributed by atoms with Gasteiger partial charge in [-0.25, -0.2) is 5.01 Å². The summed E-state index contributed by atoms with van der Waals surface area (Å²) in [7, 11) is 0. The van der Waals surface area contributed by atoms with Crippen LogP contribution in [0.25, 0.3) is 0 Å². The molecule has 1 amide bonds. The van der Waals surface area contributed by atoms with Gasteiger partial charge in [-0.15, -0.1) is 0 Å². The normalized spacial score (nSPS) is 20.0. The standard InChI is InChI=1S/C13H17N3O/c1-8(2)12-9(3)15-16(13(12)17)11-6-4-10(14)5-7-11/h4-8,12H,14H2,1-3H3. The first-order chi connectivity index (χ1) is 8.00. The predicted molar refractivity (Wildman–Crippen MR) is 69.8 cm³/mol. The summed E-state index contributed by atoms with van der Waals surface area (Å²) in [6, 6.07) is 7.17. The number of nitrogens with zero attached hydrogens (tertiary/aromatic N) is 2. The van der Waals surface area contributed by atoms with Gasteiger partial charge < -0.3 is 5.73 Å². The summed E-state index contributed by atoms with van der Waals surface area (Å²) in [5.41, 5.74) is 7.95. The molecule has 0 radical (unpaired) electrons. The molecule has 0 aromatic heterocycles. The van der Waals surface area contributed by atoms with Gasteiger partial charge in [-0.3, -0.25) is 4.79 Å². The number of anilines is 2. The molecule has 0 spiro atoms. The van der Waals surface area contributed by atoms with Crippen molar-refractivity contribution in [1.82, 2.24) is 0 Å². The number of carbonyl (C=O) groups excluding carboxylic acids is 1. The summed E-state index contributed by atoms with van der Waals surface area (Å²) in [4.78, 5) is 12.2. The average Bonchev–Trinajstić information content (AvgIpc) is 2.55. The molecule has 1 atom stereocenters. The first-order valence-corrected chi connectivity index (χ1v) is 5.75. The Morgan fingerprint density at radius 1 is 1.29 bits per heavy atom. The van der Waals surface area contributed by atoms with Gasteiger partial charge >= 0.3 is 0 Å². The molecule has 1 aliphatic rings. The summed E-state index contributed by atoms with van der Waals surface area (Å²) in [6.07, 6.45) is 0. The van der Waals surface area contributed by atoms with Crippen molar-refractivity contribution in [3.63, 3.8) is 0 Å². The fraction of sp³-hybridized carbons (Fsp3) is 0.385. The minimum Gasteiger partial charge on any atom is -0.399 e. The lowest BCUT2D eigenvalue weighted by Crippen LogP contribution is -2.30. The van der Waals surface area contributed by atoms with Crippen LogP contribution in [0.4, 0.5) is 11.4 Å². The molecule has 1 heterocycles. The highest BCUT2D eigenvalue weighted by Gasteiger charge is 2.36. The fourth-order valence-electron chi connectivity index (χ4n) is 2.15. The Kier molecular flexibility index (Phi) is 2.88. The molecule has 1 aromatic rings. The van der Waals surface area contributed by atoms with Gasteiger partial charge in [-0.1, -0.05) is 13.8 Å². The van der Waals surface area contributed by atoms with Gasteiger partial charge in [0.1, 0.15) is 0 Å². The molecule has 1 unspecified atom stereocenters. The van der Waals surface area contributed by atoms with Gasteiger partial charge in [0.05, 0.1) is 11.6 Å². The maximum Gasteiger partial charge on any atom is 0.256 e. The molecule has 1 aliphatic heterocycles. The van der Waals surface area contributed by atoms with Gasteiger partial charge in [-0.2, -0.15) is 5.10 Å². The van der Waals surface area contributed by atoms with E-state index in [2.05, 4.69) is 5.10 Å². The van der Waals surface area contributed by atoms with Crippen LogP contribution in [-0.4, -0.2) is 11.6 Å². The molecule has 0 saturated heterocycles. The molecule has 90 valence electrons. The Bertz CT molecular complexity index is 462. The van der Waals surface area contributed by atoms with Crippen LogP contribution < -0.4 is 10.7 Å². The van der Waals surface area contributed by atoms with E-state index in [0.717, 1.165) is 11.4 Å². The molecule has 0 saturated carbocycles. The zero-order valence-corrected chi connectivity index (χ0v) is 10.3. The summed E-state index contributed by atoms with van der Waals surface area (Å²) in [6.45, 7) is 5.97. The van der Waals surface area contributed by atoms with Gasteiger partial charge in [0, 0.05) is 11.4 Å². The Balaban J connectivity index is 2.31. The zero-order valence-electron chi connectivity index (χ0n) is 10.3. The van der Waals surface area contributed by atoms with Gasteiger partial charge in [0.15, 0.2) is 0 Å². The van der Waals surface area contributed by atoms with E-state index in [0.29, 0.717) is 5.69 Å². The first-order valence-electron chi connectivity index (χ1n) is 5.75. The van der Waals surface area contributed by atoms with Crippen molar-refractivity contribution in [3.05, 3.63) is 24.3 Å². The Hall–Kier alpha value is -1.84. The van der Waals surface area contributed by atoms with Crippen LogP contribution in [0, 0.1) is 11.8 Å². The molecule has 2 N–H and O–H groups in total. The van der Waals surface area contributed by atoms with Crippen molar-refractivity contribution < 1.29 is 4.79 Å². The average molecular weight is 231 g/mol. The lowest BCUT2D eigenvalue weighted by Gasteiger charge is -2.16. The van der Waals surface area contributed by atoms with Crippen molar-refractivity contribution in [1.29, 1.82) is 0 Å². The van der Waals surface area contributed by atoms with Crippen molar-refractivity contribution in [2.45, 2.75) is 20.8 Å². The number of rotatable bonds is 2. The third-order valence-corrected chi connectivity index (χ3v) is 2.99. The van der Waals surface area contributed by atoms with E-state index in [9.17, 15) is 4.79 Å². The quantitative estimate of drug-likeness (QED) is 0.794. The van der Waals surface area contributed by atoms with Crippen LogP contribution in [0.15, 0.2) is 29.4 Å². The van der Waals surface area contributed by atoms with Crippen LogP contribution >= 0.6 is 0 Å². The zero-order chi connectivity index (χ0) is 12.6. The summed E-state index contributed by atoms with van der Waals surface area (Å²) < 4.78 is 0. The SMILES string of the molecule is CC1=NN(c2ccc(N)cc2)C(=O)C1C(C)C. The Morgan fingerprint density at radius 3 is 2.35 bits per heavy atom. The van der Waals surface area contributed by atoms with Gasteiger partial charge in [-0.05, 0) is 37.1 Å². The van der Waals surface area contributed by atoms with Crippen molar-refractivity contribution in [2.24, 2.45) is 16.9 Å². The maximum absolute atomic E-state index is 12.2. The third kappa shape index (κ3) is 2.02. The van der Waals surface area contributed by atoms with Crippen LogP contribution in [0.5, 0.6) is 0 Å². The molecule has 17 heavy (non-hydrogen) atoms. The molecular formula is C13H17N3O. The van der Waals surface area contributed by atoms with Crippen LogP contribution in [0.2, 0.25) is 0 Å². The first kappa shape index (κ1) is 11.6. The lowest BCUT2D eigenvalue weighted by molar-refractivity contribution is -0.120. The monoisotopic (exact) mass is 231 g/mol. The highest BCUT2D eigenvalue weighted by Crippen LogP contribution is 2.28. The summed E-state index contributed by atoms with van der Waals surface area (Å²) >= 11 is 0. The largest absolute Gasteiger partial charge is 0.399 e. The summed E-state index contributed by atoms with van der Waals surface area (Å²) in [5.74, 6) is 0.208. The second-order valence-corrected chi connectivity index (χ2v) is 4.70. The molecule has 0 aliphatic carbocycles. The fourth-order valence-corrected chi connectivity index (χ4v) is 2.15. The number of nitrogen functional groups attached to an aromatic ring is 1. The van der Waals surface area contributed by atoms with Crippen LogP contribution in [0.3, 0.4) is 0 Å². The minimum atomic E-state index is -0.104. The molecule has 1 aromatic carbocycles. The Labute approximate surface area is 101 Å². The van der Waals surface area contributed by atoms with Crippen molar-refractivity contribution >= 4 is 23.0 Å². The topological polar surface area (TPSA) is 58.7 Å². The maximum atomic E-state index is 12.2. The smallest absolute Gasteiger partial charge is 0.256 e. The van der Waals surface area contributed by atoms with E-state index in [1.165, 1.54) is 5.01 Å². The van der Waals surface area contributed by atoms with E-state index in [1.807, 2.05) is 32.9 Å². The van der Waals surface area contributed by atoms with Gasteiger partial charge in [0.25, 0.3) is 5.91 Å².